The van der Waals surface area contributed by atoms with Crippen molar-refractivity contribution in [2.45, 2.75) is 33.6 Å². The van der Waals surface area contributed by atoms with Crippen molar-refractivity contribution in [2.75, 3.05) is 39.3 Å². The first-order chi connectivity index (χ1) is 8.19. The summed E-state index contributed by atoms with van der Waals surface area (Å²) in [5.74, 6) is 0.110. The highest BCUT2D eigenvalue weighted by atomic mass is 16.2. The Morgan fingerprint density at radius 3 is 2.18 bits per heavy atom. The van der Waals surface area contributed by atoms with E-state index in [4.69, 9.17) is 5.73 Å². The van der Waals surface area contributed by atoms with Crippen LogP contribution in [0.15, 0.2) is 0 Å². The Hall–Kier alpha value is -0.610. The summed E-state index contributed by atoms with van der Waals surface area (Å²) in [6.07, 6.45) is 2.49. The number of nitrogens with two attached hydrogens (primary N) is 1. The maximum absolute atomic E-state index is 11.3. The molecule has 17 heavy (non-hydrogen) atoms. The van der Waals surface area contributed by atoms with Crippen LogP contribution in [0.2, 0.25) is 0 Å². The molecule has 0 aromatic rings. The highest BCUT2D eigenvalue weighted by Crippen LogP contribution is 2.40. The molecule has 0 aromatic heterocycles. The molecule has 0 radical (unpaired) electrons. The van der Waals surface area contributed by atoms with E-state index in [1.165, 1.54) is 25.9 Å². The summed E-state index contributed by atoms with van der Waals surface area (Å²) < 4.78 is 0. The maximum Gasteiger partial charge on any atom is 0.236 e. The maximum atomic E-state index is 11.3. The lowest BCUT2D eigenvalue weighted by atomic mass is 9.72. The van der Waals surface area contributed by atoms with Crippen LogP contribution in [0.3, 0.4) is 0 Å². The molecule has 0 aliphatic carbocycles. The highest BCUT2D eigenvalue weighted by molar-refractivity contribution is 5.79. The average Bonchev–Trinajstić information content (AvgIpc) is 2.37. The molecule has 1 spiro atoms. The van der Waals surface area contributed by atoms with E-state index in [9.17, 15) is 4.79 Å². The second-order valence-electron chi connectivity index (χ2n) is 4.89. The SMILES string of the molecule is CC.CCN1CCC2(CC1)CN(C(=O)CN)C2. The van der Waals surface area contributed by atoms with Crippen molar-refractivity contribution < 1.29 is 4.79 Å². The third-order valence-corrected chi connectivity index (χ3v) is 3.94. The van der Waals surface area contributed by atoms with Gasteiger partial charge in [-0.3, -0.25) is 4.79 Å². The highest BCUT2D eigenvalue weighted by Gasteiger charge is 2.45. The minimum absolute atomic E-state index is 0.110. The number of rotatable bonds is 2. The molecule has 0 unspecified atom stereocenters. The zero-order chi connectivity index (χ0) is 12.9. The number of amides is 1. The van der Waals surface area contributed by atoms with E-state index in [-0.39, 0.29) is 12.5 Å². The normalized spacial score (nSPS) is 22.7. The molecule has 0 saturated carbocycles. The van der Waals surface area contributed by atoms with Crippen LogP contribution in [-0.4, -0.2) is 55.0 Å². The molecule has 2 saturated heterocycles. The summed E-state index contributed by atoms with van der Waals surface area (Å²) in [5, 5.41) is 0. The van der Waals surface area contributed by atoms with Crippen LogP contribution in [0.5, 0.6) is 0 Å². The fourth-order valence-electron chi connectivity index (χ4n) is 2.73. The standard InChI is InChI=1S/C11H21N3O.C2H6/c1-2-13-5-3-11(4-6-13)8-14(9-11)10(15)7-12;1-2/h2-9,12H2,1H3;1-2H3. The minimum Gasteiger partial charge on any atom is -0.340 e. The van der Waals surface area contributed by atoms with E-state index in [2.05, 4.69) is 11.8 Å². The van der Waals surface area contributed by atoms with E-state index in [1.807, 2.05) is 18.7 Å². The molecule has 2 N–H and O–H groups in total. The number of piperidine rings is 1. The molecule has 0 atom stereocenters. The number of carbonyl (C=O) groups excluding carboxylic acids is 1. The lowest BCUT2D eigenvalue weighted by molar-refractivity contribution is -0.145. The van der Waals surface area contributed by atoms with E-state index < -0.39 is 0 Å². The van der Waals surface area contributed by atoms with Gasteiger partial charge in [0.1, 0.15) is 0 Å². The van der Waals surface area contributed by atoms with Crippen LogP contribution in [0, 0.1) is 5.41 Å². The molecule has 0 aromatic carbocycles. The molecular weight excluding hydrogens is 214 g/mol. The molecule has 1 amide bonds. The van der Waals surface area contributed by atoms with Crippen LogP contribution in [0.1, 0.15) is 33.6 Å². The van der Waals surface area contributed by atoms with E-state index >= 15 is 0 Å². The van der Waals surface area contributed by atoms with E-state index in [0.717, 1.165) is 19.6 Å². The van der Waals surface area contributed by atoms with Crippen molar-refractivity contribution >= 4 is 5.91 Å². The van der Waals surface area contributed by atoms with Gasteiger partial charge >= 0.3 is 0 Å². The Kier molecular flexibility index (Phi) is 5.40. The van der Waals surface area contributed by atoms with Gasteiger partial charge in [0.15, 0.2) is 0 Å². The van der Waals surface area contributed by atoms with Crippen molar-refractivity contribution in [1.82, 2.24) is 9.80 Å². The number of nitrogens with zero attached hydrogens (tertiary/aromatic N) is 2. The second-order valence-corrected chi connectivity index (χ2v) is 4.89. The molecule has 4 heteroatoms. The summed E-state index contributed by atoms with van der Waals surface area (Å²) >= 11 is 0. The van der Waals surface area contributed by atoms with Crippen molar-refractivity contribution in [1.29, 1.82) is 0 Å². The van der Waals surface area contributed by atoms with Crippen molar-refractivity contribution in [3.8, 4) is 0 Å². The molecule has 2 rings (SSSR count). The van der Waals surface area contributed by atoms with Gasteiger partial charge in [0, 0.05) is 18.5 Å². The summed E-state index contributed by atoms with van der Waals surface area (Å²) in [6, 6.07) is 0. The van der Waals surface area contributed by atoms with Crippen molar-refractivity contribution in [3.05, 3.63) is 0 Å². The molecule has 2 fully saturated rings. The Balaban J connectivity index is 0.000000686. The number of carbonyl (C=O) groups is 1. The molecule has 2 heterocycles. The van der Waals surface area contributed by atoms with Crippen molar-refractivity contribution in [3.63, 3.8) is 0 Å². The smallest absolute Gasteiger partial charge is 0.236 e. The topological polar surface area (TPSA) is 49.6 Å². The molecule has 2 aliphatic rings. The Morgan fingerprint density at radius 1 is 1.24 bits per heavy atom. The Labute approximate surface area is 105 Å². The molecule has 2 aliphatic heterocycles. The third kappa shape index (κ3) is 3.19. The summed E-state index contributed by atoms with van der Waals surface area (Å²) in [4.78, 5) is 15.7. The predicted molar refractivity (Wildman–Crippen MR) is 70.8 cm³/mol. The van der Waals surface area contributed by atoms with Crippen LogP contribution >= 0.6 is 0 Å². The van der Waals surface area contributed by atoms with Gasteiger partial charge in [-0.2, -0.15) is 0 Å². The third-order valence-electron chi connectivity index (χ3n) is 3.94. The van der Waals surface area contributed by atoms with Crippen LogP contribution in [0.25, 0.3) is 0 Å². The summed E-state index contributed by atoms with van der Waals surface area (Å²) in [6.45, 7) is 11.8. The molecule has 4 nitrogen and oxygen atoms in total. The summed E-state index contributed by atoms with van der Waals surface area (Å²) in [5.41, 5.74) is 5.79. The Bertz CT molecular complexity index is 239. The van der Waals surface area contributed by atoms with Crippen LogP contribution in [-0.2, 0) is 4.79 Å². The van der Waals surface area contributed by atoms with Gasteiger partial charge < -0.3 is 15.5 Å². The number of likely N-dealkylation sites (tertiary alicyclic amines) is 2. The van der Waals surface area contributed by atoms with Crippen LogP contribution < -0.4 is 5.73 Å². The van der Waals surface area contributed by atoms with Gasteiger partial charge in [-0.05, 0) is 32.5 Å². The Morgan fingerprint density at radius 2 is 1.76 bits per heavy atom. The molecular formula is C13H27N3O. The van der Waals surface area contributed by atoms with Gasteiger partial charge in [0.25, 0.3) is 0 Å². The van der Waals surface area contributed by atoms with Crippen LogP contribution in [0.4, 0.5) is 0 Å². The van der Waals surface area contributed by atoms with E-state index in [1.54, 1.807) is 0 Å². The lowest BCUT2D eigenvalue weighted by Crippen LogP contribution is -2.62. The second kappa shape index (κ2) is 6.36. The number of hydrogen-bond donors (Lipinski definition) is 1. The molecule has 0 bridgehead atoms. The first kappa shape index (κ1) is 14.5. The van der Waals surface area contributed by atoms with Gasteiger partial charge in [-0.25, -0.2) is 0 Å². The fourth-order valence-corrected chi connectivity index (χ4v) is 2.73. The number of hydrogen-bond acceptors (Lipinski definition) is 3. The first-order valence-corrected chi connectivity index (χ1v) is 6.89. The summed E-state index contributed by atoms with van der Waals surface area (Å²) in [7, 11) is 0. The quantitative estimate of drug-likeness (QED) is 0.782. The first-order valence-electron chi connectivity index (χ1n) is 6.89. The van der Waals surface area contributed by atoms with Gasteiger partial charge in [-0.1, -0.05) is 20.8 Å². The van der Waals surface area contributed by atoms with Gasteiger partial charge in [0.2, 0.25) is 5.91 Å². The lowest BCUT2D eigenvalue weighted by Gasteiger charge is -2.54. The monoisotopic (exact) mass is 241 g/mol. The fraction of sp³-hybridized carbons (Fsp3) is 0.923. The van der Waals surface area contributed by atoms with Gasteiger partial charge in [-0.15, -0.1) is 0 Å². The average molecular weight is 241 g/mol. The molecule has 100 valence electrons. The predicted octanol–water partition coefficient (Wildman–Crippen LogP) is 0.916. The zero-order valence-electron chi connectivity index (χ0n) is 11.5. The van der Waals surface area contributed by atoms with Gasteiger partial charge in [0.05, 0.1) is 6.54 Å². The van der Waals surface area contributed by atoms with Crippen molar-refractivity contribution in [2.24, 2.45) is 11.1 Å². The minimum atomic E-state index is 0.110. The zero-order valence-corrected chi connectivity index (χ0v) is 11.5. The van der Waals surface area contributed by atoms with E-state index in [0.29, 0.717) is 5.41 Å². The largest absolute Gasteiger partial charge is 0.340 e.